The maximum atomic E-state index is 4.84. The van der Waals surface area contributed by atoms with Crippen molar-refractivity contribution in [1.29, 1.82) is 0 Å². The minimum atomic E-state index is 0.590. The number of nitrogens with one attached hydrogen (secondary N) is 1. The highest BCUT2D eigenvalue weighted by atomic mass is 32.2. The number of nitrogens with zero attached hydrogens (tertiary/aromatic N) is 5. The predicted octanol–water partition coefficient (Wildman–Crippen LogP) is 1.56. The molecule has 1 aromatic rings. The Kier molecular flexibility index (Phi) is 4.90. The fraction of sp³-hybridized carbons (Fsp3) is 0.800. The van der Waals surface area contributed by atoms with Crippen LogP contribution in [-0.4, -0.2) is 55.8 Å². The highest BCUT2D eigenvalue weighted by Gasteiger charge is 2.27. The normalized spacial score (nSPS) is 23.0. The van der Waals surface area contributed by atoms with Crippen molar-refractivity contribution in [3.63, 3.8) is 0 Å². The zero-order chi connectivity index (χ0) is 15.5. The molecule has 3 rings (SSSR count). The number of aromatic nitrogens is 3. The summed E-state index contributed by atoms with van der Waals surface area (Å²) in [5.41, 5.74) is 0. The lowest BCUT2D eigenvalue weighted by molar-refractivity contribution is 0.406. The number of hydrogen-bond acceptors (Lipinski definition) is 4. The summed E-state index contributed by atoms with van der Waals surface area (Å²) in [6.45, 7) is 7.01. The molecule has 1 saturated heterocycles. The summed E-state index contributed by atoms with van der Waals surface area (Å²) in [6.07, 6.45) is 3.75. The SMILES string of the molecule is CCC1CN(C(=NCc2nnc(C)n2C)NC2CC2)CCS1. The first kappa shape index (κ1) is 15.6. The van der Waals surface area contributed by atoms with Gasteiger partial charge < -0.3 is 14.8 Å². The summed E-state index contributed by atoms with van der Waals surface area (Å²) < 4.78 is 2.01. The van der Waals surface area contributed by atoms with Crippen LogP contribution in [-0.2, 0) is 13.6 Å². The molecule has 0 radical (unpaired) electrons. The fourth-order valence-corrected chi connectivity index (χ4v) is 3.72. The summed E-state index contributed by atoms with van der Waals surface area (Å²) >= 11 is 2.09. The highest BCUT2D eigenvalue weighted by Crippen LogP contribution is 2.23. The Morgan fingerprint density at radius 2 is 2.23 bits per heavy atom. The van der Waals surface area contributed by atoms with E-state index in [0.29, 0.717) is 12.6 Å². The molecule has 1 aliphatic carbocycles. The molecule has 2 heterocycles. The smallest absolute Gasteiger partial charge is 0.194 e. The molecule has 1 unspecified atom stereocenters. The van der Waals surface area contributed by atoms with Gasteiger partial charge in [-0.2, -0.15) is 11.8 Å². The van der Waals surface area contributed by atoms with Gasteiger partial charge in [0.1, 0.15) is 12.4 Å². The summed E-state index contributed by atoms with van der Waals surface area (Å²) in [5.74, 6) is 4.10. The van der Waals surface area contributed by atoms with E-state index in [1.54, 1.807) is 0 Å². The topological polar surface area (TPSA) is 58.3 Å². The third-order valence-electron chi connectivity index (χ3n) is 4.36. The number of rotatable bonds is 4. The Morgan fingerprint density at radius 1 is 1.41 bits per heavy atom. The number of guanidine groups is 1. The van der Waals surface area contributed by atoms with Crippen molar-refractivity contribution < 1.29 is 0 Å². The zero-order valence-corrected chi connectivity index (χ0v) is 14.6. The van der Waals surface area contributed by atoms with Crippen molar-refractivity contribution in [2.24, 2.45) is 12.0 Å². The molecular formula is C15H26N6S. The lowest BCUT2D eigenvalue weighted by Crippen LogP contribution is -2.48. The molecule has 7 heteroatoms. The second-order valence-electron chi connectivity index (χ2n) is 6.13. The first-order valence-corrected chi connectivity index (χ1v) is 9.24. The molecule has 6 nitrogen and oxygen atoms in total. The summed E-state index contributed by atoms with van der Waals surface area (Å²) in [6, 6.07) is 0.620. The van der Waals surface area contributed by atoms with E-state index in [4.69, 9.17) is 4.99 Å². The molecule has 122 valence electrons. The van der Waals surface area contributed by atoms with Gasteiger partial charge in [-0.05, 0) is 26.2 Å². The van der Waals surface area contributed by atoms with Crippen LogP contribution in [0.4, 0.5) is 0 Å². The molecular weight excluding hydrogens is 296 g/mol. The van der Waals surface area contributed by atoms with Crippen LogP contribution in [0.5, 0.6) is 0 Å². The molecule has 1 saturated carbocycles. The van der Waals surface area contributed by atoms with Crippen LogP contribution in [0.15, 0.2) is 4.99 Å². The van der Waals surface area contributed by atoms with Crippen LogP contribution in [0.2, 0.25) is 0 Å². The average Bonchev–Trinajstić information content (AvgIpc) is 3.31. The number of aliphatic imine (C=N–C) groups is 1. The van der Waals surface area contributed by atoms with E-state index >= 15 is 0 Å². The van der Waals surface area contributed by atoms with Crippen LogP contribution in [0.3, 0.4) is 0 Å². The molecule has 1 atom stereocenters. The van der Waals surface area contributed by atoms with E-state index in [1.165, 1.54) is 25.0 Å². The summed E-state index contributed by atoms with van der Waals surface area (Å²) in [4.78, 5) is 7.26. The average molecular weight is 322 g/mol. The van der Waals surface area contributed by atoms with Gasteiger partial charge in [0.15, 0.2) is 11.8 Å². The number of aryl methyl sites for hydroxylation is 1. The number of hydrogen-bond donors (Lipinski definition) is 1. The van der Waals surface area contributed by atoms with Crippen molar-refractivity contribution >= 4 is 17.7 Å². The van der Waals surface area contributed by atoms with Crippen LogP contribution in [0, 0.1) is 6.92 Å². The zero-order valence-electron chi connectivity index (χ0n) is 13.7. The maximum Gasteiger partial charge on any atom is 0.194 e. The van der Waals surface area contributed by atoms with Crippen molar-refractivity contribution in [3.05, 3.63) is 11.6 Å². The summed E-state index contributed by atoms with van der Waals surface area (Å²) in [5, 5.41) is 12.7. The first-order valence-electron chi connectivity index (χ1n) is 8.19. The lowest BCUT2D eigenvalue weighted by atomic mass is 10.3. The van der Waals surface area contributed by atoms with E-state index < -0.39 is 0 Å². The molecule has 22 heavy (non-hydrogen) atoms. The minimum absolute atomic E-state index is 0.590. The third-order valence-corrected chi connectivity index (χ3v) is 5.73. The quantitative estimate of drug-likeness (QED) is 0.673. The standard InChI is InChI=1S/C15H26N6S/c1-4-13-10-21(7-8-22-13)15(17-12-5-6-12)16-9-14-19-18-11(2)20(14)3/h12-13H,4-10H2,1-3H3,(H,16,17). The summed E-state index contributed by atoms with van der Waals surface area (Å²) in [7, 11) is 2.00. The van der Waals surface area contributed by atoms with E-state index in [9.17, 15) is 0 Å². The maximum absolute atomic E-state index is 4.84. The van der Waals surface area contributed by atoms with Crippen LogP contribution in [0.1, 0.15) is 37.8 Å². The monoisotopic (exact) mass is 322 g/mol. The molecule has 2 fully saturated rings. The van der Waals surface area contributed by atoms with Crippen LogP contribution >= 0.6 is 11.8 Å². The third kappa shape index (κ3) is 3.74. The molecule has 1 aromatic heterocycles. The van der Waals surface area contributed by atoms with Gasteiger partial charge in [0.25, 0.3) is 0 Å². The van der Waals surface area contributed by atoms with Gasteiger partial charge in [0.2, 0.25) is 0 Å². The second-order valence-corrected chi connectivity index (χ2v) is 7.54. The molecule has 1 aliphatic heterocycles. The predicted molar refractivity (Wildman–Crippen MR) is 91.1 cm³/mol. The van der Waals surface area contributed by atoms with Crippen LogP contribution < -0.4 is 5.32 Å². The van der Waals surface area contributed by atoms with Gasteiger partial charge in [-0.15, -0.1) is 10.2 Å². The van der Waals surface area contributed by atoms with Crippen molar-refractivity contribution in [3.8, 4) is 0 Å². The largest absolute Gasteiger partial charge is 0.353 e. The van der Waals surface area contributed by atoms with E-state index in [-0.39, 0.29) is 0 Å². The Morgan fingerprint density at radius 3 is 2.86 bits per heavy atom. The van der Waals surface area contributed by atoms with Gasteiger partial charge in [-0.3, -0.25) is 0 Å². The van der Waals surface area contributed by atoms with Crippen molar-refractivity contribution in [2.45, 2.75) is 50.9 Å². The molecule has 0 amide bonds. The minimum Gasteiger partial charge on any atom is -0.353 e. The highest BCUT2D eigenvalue weighted by molar-refractivity contribution is 8.00. The lowest BCUT2D eigenvalue weighted by Gasteiger charge is -2.34. The Hall–Kier alpha value is -1.24. The van der Waals surface area contributed by atoms with Gasteiger partial charge in [0, 0.05) is 37.2 Å². The Balaban J connectivity index is 1.70. The van der Waals surface area contributed by atoms with Crippen molar-refractivity contribution in [2.75, 3.05) is 18.8 Å². The van der Waals surface area contributed by atoms with Crippen molar-refractivity contribution in [1.82, 2.24) is 25.0 Å². The van der Waals surface area contributed by atoms with Gasteiger partial charge in [0.05, 0.1) is 0 Å². The number of thioether (sulfide) groups is 1. The molecule has 1 N–H and O–H groups in total. The fourth-order valence-electron chi connectivity index (χ4n) is 2.54. The molecule has 0 aromatic carbocycles. The van der Waals surface area contributed by atoms with Gasteiger partial charge in [-0.25, -0.2) is 4.99 Å². The Bertz CT molecular complexity index is 536. The van der Waals surface area contributed by atoms with Gasteiger partial charge >= 0.3 is 0 Å². The van der Waals surface area contributed by atoms with Gasteiger partial charge in [-0.1, -0.05) is 6.92 Å². The van der Waals surface area contributed by atoms with E-state index in [1.807, 2.05) is 18.5 Å². The first-order chi connectivity index (χ1) is 10.7. The van der Waals surface area contributed by atoms with E-state index in [0.717, 1.165) is 35.9 Å². The van der Waals surface area contributed by atoms with E-state index in [2.05, 4.69) is 39.1 Å². The van der Waals surface area contributed by atoms with Crippen LogP contribution in [0.25, 0.3) is 0 Å². The Labute approximate surface area is 136 Å². The molecule has 2 aliphatic rings. The molecule has 0 spiro atoms. The molecule has 0 bridgehead atoms. The second kappa shape index (κ2) is 6.89.